The standard InChI is InChI=1S/C18H21N3O2/c1-14-11-16(8-10-19-14)23-17-12-21(13-17)18(22)20-9-7-15-5-3-2-4-6-15/h2-6,8,10-11,17H,7,9,12-13H2,1H3,(H,20,22). The molecule has 1 aromatic carbocycles. The lowest BCUT2D eigenvalue weighted by Gasteiger charge is -2.38. The molecule has 2 aromatic rings. The molecule has 3 rings (SSSR count). The van der Waals surface area contributed by atoms with Crippen LogP contribution in [0.5, 0.6) is 5.75 Å². The van der Waals surface area contributed by atoms with Crippen LogP contribution in [0.15, 0.2) is 48.7 Å². The minimum Gasteiger partial charge on any atom is -0.487 e. The van der Waals surface area contributed by atoms with Gasteiger partial charge in [-0.3, -0.25) is 4.98 Å². The predicted molar refractivity (Wildman–Crippen MR) is 88.5 cm³/mol. The Kier molecular flexibility index (Phi) is 4.76. The topological polar surface area (TPSA) is 54.5 Å². The second-order valence-electron chi connectivity index (χ2n) is 5.75. The Morgan fingerprint density at radius 3 is 2.83 bits per heavy atom. The fraction of sp³-hybridized carbons (Fsp3) is 0.333. The summed E-state index contributed by atoms with van der Waals surface area (Å²) in [5.41, 5.74) is 2.16. The van der Waals surface area contributed by atoms with E-state index in [1.165, 1.54) is 5.56 Å². The van der Waals surface area contributed by atoms with Crippen molar-refractivity contribution in [2.45, 2.75) is 19.4 Å². The van der Waals surface area contributed by atoms with Crippen molar-refractivity contribution in [3.8, 4) is 5.75 Å². The van der Waals surface area contributed by atoms with E-state index in [0.717, 1.165) is 17.9 Å². The number of amides is 2. The third-order valence-corrected chi connectivity index (χ3v) is 3.84. The van der Waals surface area contributed by atoms with Gasteiger partial charge in [-0.05, 0) is 25.0 Å². The van der Waals surface area contributed by atoms with Crippen LogP contribution in [-0.4, -0.2) is 41.7 Å². The number of urea groups is 1. The second-order valence-corrected chi connectivity index (χ2v) is 5.75. The zero-order valence-corrected chi connectivity index (χ0v) is 13.2. The molecule has 0 saturated carbocycles. The average molecular weight is 311 g/mol. The summed E-state index contributed by atoms with van der Waals surface area (Å²) in [6.07, 6.45) is 2.64. The van der Waals surface area contributed by atoms with E-state index < -0.39 is 0 Å². The smallest absolute Gasteiger partial charge is 0.317 e. The van der Waals surface area contributed by atoms with Gasteiger partial charge >= 0.3 is 6.03 Å². The van der Waals surface area contributed by atoms with E-state index in [9.17, 15) is 4.79 Å². The lowest BCUT2D eigenvalue weighted by molar-refractivity contribution is 0.0444. The number of nitrogens with zero attached hydrogens (tertiary/aromatic N) is 2. The Morgan fingerprint density at radius 2 is 2.09 bits per heavy atom. The number of likely N-dealkylation sites (tertiary alicyclic amines) is 1. The predicted octanol–water partition coefficient (Wildman–Crippen LogP) is 2.41. The zero-order chi connectivity index (χ0) is 16.1. The molecule has 2 amide bonds. The molecule has 5 heteroatoms. The van der Waals surface area contributed by atoms with Crippen molar-refractivity contribution >= 4 is 6.03 Å². The normalized spacial score (nSPS) is 14.2. The molecule has 0 aliphatic carbocycles. The molecule has 2 heterocycles. The number of hydrogen-bond donors (Lipinski definition) is 1. The molecule has 120 valence electrons. The molecule has 1 saturated heterocycles. The average Bonchev–Trinajstić information content (AvgIpc) is 2.51. The first-order valence-electron chi connectivity index (χ1n) is 7.87. The molecule has 0 bridgehead atoms. The summed E-state index contributed by atoms with van der Waals surface area (Å²) < 4.78 is 5.82. The Labute approximate surface area is 136 Å². The number of hydrogen-bond acceptors (Lipinski definition) is 3. The van der Waals surface area contributed by atoms with E-state index in [2.05, 4.69) is 22.4 Å². The molecule has 0 unspecified atom stereocenters. The van der Waals surface area contributed by atoms with E-state index in [1.807, 2.05) is 37.3 Å². The van der Waals surface area contributed by atoms with Crippen LogP contribution in [0.4, 0.5) is 4.79 Å². The summed E-state index contributed by atoms with van der Waals surface area (Å²) in [6, 6.07) is 13.9. The largest absolute Gasteiger partial charge is 0.487 e. The highest BCUT2D eigenvalue weighted by Gasteiger charge is 2.32. The summed E-state index contributed by atoms with van der Waals surface area (Å²) in [4.78, 5) is 17.9. The number of ether oxygens (including phenoxy) is 1. The molecule has 1 aromatic heterocycles. The number of aromatic nitrogens is 1. The number of pyridine rings is 1. The fourth-order valence-corrected chi connectivity index (χ4v) is 2.53. The van der Waals surface area contributed by atoms with Gasteiger partial charge in [0.25, 0.3) is 0 Å². The molecule has 5 nitrogen and oxygen atoms in total. The van der Waals surface area contributed by atoms with Gasteiger partial charge in [-0.2, -0.15) is 0 Å². The summed E-state index contributed by atoms with van der Waals surface area (Å²) in [7, 11) is 0. The van der Waals surface area contributed by atoms with Crippen LogP contribution >= 0.6 is 0 Å². The highest BCUT2D eigenvalue weighted by atomic mass is 16.5. The molecule has 1 aliphatic rings. The number of aryl methyl sites for hydroxylation is 1. The quantitative estimate of drug-likeness (QED) is 0.922. The molecule has 23 heavy (non-hydrogen) atoms. The zero-order valence-electron chi connectivity index (χ0n) is 13.2. The van der Waals surface area contributed by atoms with Crippen molar-refractivity contribution in [2.24, 2.45) is 0 Å². The third kappa shape index (κ3) is 4.22. The summed E-state index contributed by atoms with van der Waals surface area (Å²) in [5.74, 6) is 0.812. The first-order chi connectivity index (χ1) is 11.2. The number of nitrogens with one attached hydrogen (secondary N) is 1. The van der Waals surface area contributed by atoms with Gasteiger partial charge in [-0.15, -0.1) is 0 Å². The van der Waals surface area contributed by atoms with Gasteiger partial charge in [-0.25, -0.2) is 4.79 Å². The number of benzene rings is 1. The lowest BCUT2D eigenvalue weighted by atomic mass is 10.1. The van der Waals surface area contributed by atoms with Crippen LogP contribution in [0, 0.1) is 6.92 Å². The minimum atomic E-state index is -0.0216. The molecule has 1 fully saturated rings. The first kappa shape index (κ1) is 15.3. The van der Waals surface area contributed by atoms with Crippen LogP contribution < -0.4 is 10.1 Å². The van der Waals surface area contributed by atoms with Crippen molar-refractivity contribution in [1.29, 1.82) is 0 Å². The SMILES string of the molecule is Cc1cc(OC2CN(C(=O)NCCc3ccccc3)C2)ccn1. The van der Waals surface area contributed by atoms with Crippen molar-refractivity contribution in [3.05, 3.63) is 59.9 Å². The number of rotatable bonds is 5. The van der Waals surface area contributed by atoms with E-state index in [1.54, 1.807) is 11.1 Å². The third-order valence-electron chi connectivity index (χ3n) is 3.84. The van der Waals surface area contributed by atoms with Gasteiger partial charge in [0.15, 0.2) is 0 Å². The maximum absolute atomic E-state index is 12.0. The molecule has 1 N–H and O–H groups in total. The molecule has 1 aliphatic heterocycles. The molecular formula is C18H21N3O2. The van der Waals surface area contributed by atoms with Gasteiger partial charge in [0, 0.05) is 24.5 Å². The first-order valence-corrected chi connectivity index (χ1v) is 7.87. The van der Waals surface area contributed by atoms with Gasteiger partial charge < -0.3 is 15.0 Å². The highest BCUT2D eigenvalue weighted by Crippen LogP contribution is 2.18. The summed E-state index contributed by atoms with van der Waals surface area (Å²) >= 11 is 0. The van der Waals surface area contributed by atoms with Crippen molar-refractivity contribution < 1.29 is 9.53 Å². The van der Waals surface area contributed by atoms with E-state index >= 15 is 0 Å². The minimum absolute atomic E-state index is 0.0216. The van der Waals surface area contributed by atoms with Crippen LogP contribution in [0.3, 0.4) is 0 Å². The summed E-state index contributed by atoms with van der Waals surface area (Å²) in [6.45, 7) is 3.83. The Bertz CT molecular complexity index is 654. The van der Waals surface area contributed by atoms with Crippen LogP contribution in [-0.2, 0) is 6.42 Å². The Hall–Kier alpha value is -2.56. The monoisotopic (exact) mass is 311 g/mol. The second kappa shape index (κ2) is 7.13. The summed E-state index contributed by atoms with van der Waals surface area (Å²) in [5, 5.41) is 2.95. The van der Waals surface area contributed by atoms with Gasteiger partial charge in [-0.1, -0.05) is 30.3 Å². The maximum Gasteiger partial charge on any atom is 0.317 e. The van der Waals surface area contributed by atoms with Crippen LogP contribution in [0.25, 0.3) is 0 Å². The van der Waals surface area contributed by atoms with Gasteiger partial charge in [0.05, 0.1) is 13.1 Å². The fourth-order valence-electron chi connectivity index (χ4n) is 2.53. The van der Waals surface area contributed by atoms with E-state index in [4.69, 9.17) is 4.74 Å². The number of carbonyl (C=O) groups is 1. The molecule has 0 radical (unpaired) electrons. The lowest BCUT2D eigenvalue weighted by Crippen LogP contribution is -2.59. The van der Waals surface area contributed by atoms with Crippen LogP contribution in [0.1, 0.15) is 11.3 Å². The molecular weight excluding hydrogens is 290 g/mol. The van der Waals surface area contributed by atoms with Crippen LogP contribution in [0.2, 0.25) is 0 Å². The van der Waals surface area contributed by atoms with Crippen molar-refractivity contribution in [2.75, 3.05) is 19.6 Å². The van der Waals surface area contributed by atoms with Gasteiger partial charge in [0.1, 0.15) is 11.9 Å². The van der Waals surface area contributed by atoms with E-state index in [-0.39, 0.29) is 12.1 Å². The van der Waals surface area contributed by atoms with E-state index in [0.29, 0.717) is 19.6 Å². The highest BCUT2D eigenvalue weighted by molar-refractivity contribution is 5.75. The number of carbonyl (C=O) groups excluding carboxylic acids is 1. The molecule has 0 atom stereocenters. The van der Waals surface area contributed by atoms with Gasteiger partial charge in [0.2, 0.25) is 0 Å². The Morgan fingerprint density at radius 1 is 1.30 bits per heavy atom. The Balaban J connectivity index is 1.36. The maximum atomic E-state index is 12.0. The molecule has 0 spiro atoms. The van der Waals surface area contributed by atoms with Crippen molar-refractivity contribution in [3.63, 3.8) is 0 Å². The van der Waals surface area contributed by atoms with Crippen molar-refractivity contribution in [1.82, 2.24) is 15.2 Å².